The molecule has 1 aromatic heterocycles. The minimum Gasteiger partial charge on any atom is -0.368 e. The number of hydrogen-bond donors (Lipinski definition) is 0. The molecule has 0 saturated carbocycles. The second-order valence-corrected chi connectivity index (χ2v) is 6.43. The van der Waals surface area contributed by atoms with E-state index in [2.05, 4.69) is 4.98 Å². The monoisotopic (exact) mass is 360 g/mol. The molecule has 124 valence electrons. The maximum absolute atomic E-state index is 6.18. The number of aromatic nitrogens is 2. The van der Waals surface area contributed by atoms with Crippen molar-refractivity contribution in [2.45, 2.75) is 12.5 Å². The highest BCUT2D eigenvalue weighted by molar-refractivity contribution is 6.30. The number of halogens is 2. The van der Waals surface area contributed by atoms with Gasteiger partial charge < -0.3 is 9.30 Å². The van der Waals surface area contributed by atoms with Gasteiger partial charge in [-0.15, -0.1) is 0 Å². The first kappa shape index (κ1) is 17.0. The summed E-state index contributed by atoms with van der Waals surface area (Å²) in [6.45, 7) is 0.570. The average molecular weight is 361 g/mol. The zero-order valence-corrected chi connectivity index (χ0v) is 14.8. The molecule has 0 amide bonds. The van der Waals surface area contributed by atoms with Crippen molar-refractivity contribution < 1.29 is 4.74 Å². The van der Waals surface area contributed by atoms with Crippen LogP contribution in [0, 0.1) is 0 Å². The quantitative estimate of drug-likeness (QED) is 0.613. The van der Waals surface area contributed by atoms with Gasteiger partial charge in [-0.1, -0.05) is 47.5 Å². The molecule has 3 aromatic rings. The molecule has 24 heavy (non-hydrogen) atoms. The van der Waals surface area contributed by atoms with Crippen molar-refractivity contribution in [3.05, 3.63) is 87.9 Å². The van der Waals surface area contributed by atoms with Gasteiger partial charge in [-0.05, 0) is 35.4 Å². The van der Waals surface area contributed by atoms with Gasteiger partial charge >= 0.3 is 0 Å². The lowest BCUT2D eigenvalue weighted by atomic mass is 10.0. The molecule has 5 heteroatoms. The Morgan fingerprint density at radius 1 is 0.958 bits per heavy atom. The van der Waals surface area contributed by atoms with Gasteiger partial charge in [0, 0.05) is 35.9 Å². The zero-order chi connectivity index (χ0) is 16.9. The molecule has 0 atom stereocenters. The van der Waals surface area contributed by atoms with E-state index in [1.807, 2.05) is 66.3 Å². The summed E-state index contributed by atoms with van der Waals surface area (Å²) < 4.78 is 8.19. The number of nitrogens with zero attached hydrogens (tertiary/aromatic N) is 2. The van der Waals surface area contributed by atoms with E-state index >= 15 is 0 Å². The summed E-state index contributed by atoms with van der Waals surface area (Å²) in [5.74, 6) is 1.00. The van der Waals surface area contributed by atoms with E-state index in [0.717, 1.165) is 23.4 Å². The van der Waals surface area contributed by atoms with Gasteiger partial charge in [0.25, 0.3) is 0 Å². The Kier molecular flexibility index (Phi) is 5.56. The van der Waals surface area contributed by atoms with E-state index in [9.17, 15) is 0 Å². The Morgan fingerprint density at radius 2 is 1.50 bits per heavy atom. The van der Waals surface area contributed by atoms with Crippen LogP contribution < -0.4 is 0 Å². The lowest BCUT2D eigenvalue weighted by Crippen LogP contribution is -2.10. The lowest BCUT2D eigenvalue weighted by Gasteiger charge is -2.19. The summed E-state index contributed by atoms with van der Waals surface area (Å²) in [6.07, 6.45) is 4.32. The van der Waals surface area contributed by atoms with Gasteiger partial charge in [0.2, 0.25) is 0 Å². The van der Waals surface area contributed by atoms with Crippen molar-refractivity contribution in [2.24, 2.45) is 7.05 Å². The third-order valence-corrected chi connectivity index (χ3v) is 4.38. The van der Waals surface area contributed by atoms with Crippen molar-refractivity contribution in [3.63, 3.8) is 0 Å². The van der Waals surface area contributed by atoms with Crippen LogP contribution in [0.1, 0.15) is 23.1 Å². The number of aryl methyl sites for hydroxylation is 1. The van der Waals surface area contributed by atoms with Gasteiger partial charge in [0.1, 0.15) is 11.9 Å². The standard InChI is InChI=1S/C19H18Cl2N2O/c1-23-12-11-22-18(23)10-13-24-19(14-2-6-16(20)7-3-14)15-4-8-17(21)9-5-15/h2-9,11-12,19H,10,13H2,1H3. The average Bonchev–Trinajstić information content (AvgIpc) is 2.99. The Labute approximate surface area is 151 Å². The molecular formula is C19H18Cl2N2O. The maximum atomic E-state index is 6.18. The summed E-state index contributed by atoms with van der Waals surface area (Å²) >= 11 is 12.0. The zero-order valence-electron chi connectivity index (χ0n) is 13.3. The minimum absolute atomic E-state index is 0.167. The van der Waals surface area contributed by atoms with Crippen LogP contribution in [-0.4, -0.2) is 16.2 Å². The van der Waals surface area contributed by atoms with E-state index < -0.39 is 0 Å². The summed E-state index contributed by atoms with van der Waals surface area (Å²) in [6, 6.07) is 15.5. The molecule has 0 N–H and O–H groups in total. The van der Waals surface area contributed by atoms with Crippen LogP contribution in [0.3, 0.4) is 0 Å². The Morgan fingerprint density at radius 3 is 1.96 bits per heavy atom. The highest BCUT2D eigenvalue weighted by atomic mass is 35.5. The Hall–Kier alpha value is -1.81. The maximum Gasteiger partial charge on any atom is 0.110 e. The van der Waals surface area contributed by atoms with Crippen molar-refractivity contribution >= 4 is 23.2 Å². The molecule has 0 radical (unpaired) electrons. The fourth-order valence-electron chi connectivity index (χ4n) is 2.57. The van der Waals surface area contributed by atoms with Crippen molar-refractivity contribution in [1.29, 1.82) is 0 Å². The predicted molar refractivity (Wildman–Crippen MR) is 97.6 cm³/mol. The van der Waals surface area contributed by atoms with Crippen LogP contribution >= 0.6 is 23.2 Å². The van der Waals surface area contributed by atoms with Gasteiger partial charge in [0.15, 0.2) is 0 Å². The summed E-state index contributed by atoms with van der Waals surface area (Å²) in [5, 5.41) is 1.42. The highest BCUT2D eigenvalue weighted by Gasteiger charge is 2.15. The van der Waals surface area contributed by atoms with Crippen molar-refractivity contribution in [2.75, 3.05) is 6.61 Å². The fraction of sp³-hybridized carbons (Fsp3) is 0.211. The molecule has 3 nitrogen and oxygen atoms in total. The molecular weight excluding hydrogens is 343 g/mol. The molecule has 0 fully saturated rings. The lowest BCUT2D eigenvalue weighted by molar-refractivity contribution is 0.0813. The van der Waals surface area contributed by atoms with E-state index in [1.54, 1.807) is 6.20 Å². The highest BCUT2D eigenvalue weighted by Crippen LogP contribution is 2.28. The predicted octanol–water partition coefficient (Wildman–Crippen LogP) is 5.08. The molecule has 1 heterocycles. The van der Waals surface area contributed by atoms with E-state index in [0.29, 0.717) is 16.7 Å². The second-order valence-electron chi connectivity index (χ2n) is 5.56. The third-order valence-electron chi connectivity index (χ3n) is 3.88. The number of benzene rings is 2. The van der Waals surface area contributed by atoms with Crippen LogP contribution in [0.25, 0.3) is 0 Å². The van der Waals surface area contributed by atoms with Crippen molar-refractivity contribution in [3.8, 4) is 0 Å². The third kappa shape index (κ3) is 4.18. The second kappa shape index (κ2) is 7.84. The molecule has 0 unspecified atom stereocenters. The van der Waals surface area contributed by atoms with Crippen molar-refractivity contribution in [1.82, 2.24) is 9.55 Å². The molecule has 2 aromatic carbocycles. The van der Waals surface area contributed by atoms with Gasteiger partial charge in [0.05, 0.1) is 6.61 Å². The Bertz CT molecular complexity index is 736. The first-order valence-electron chi connectivity index (χ1n) is 7.72. The number of hydrogen-bond acceptors (Lipinski definition) is 2. The summed E-state index contributed by atoms with van der Waals surface area (Å²) in [4.78, 5) is 4.33. The SMILES string of the molecule is Cn1ccnc1CCOC(c1ccc(Cl)cc1)c1ccc(Cl)cc1. The van der Waals surface area contributed by atoms with E-state index in [4.69, 9.17) is 27.9 Å². The minimum atomic E-state index is -0.167. The topological polar surface area (TPSA) is 27.1 Å². The van der Waals surface area contributed by atoms with Crippen LogP contribution in [0.4, 0.5) is 0 Å². The molecule has 0 aliphatic rings. The number of ether oxygens (including phenoxy) is 1. The first-order chi connectivity index (χ1) is 11.6. The van der Waals surface area contributed by atoms with E-state index in [-0.39, 0.29) is 6.10 Å². The van der Waals surface area contributed by atoms with Crippen LogP contribution in [-0.2, 0) is 18.2 Å². The van der Waals surface area contributed by atoms with Crippen LogP contribution in [0.5, 0.6) is 0 Å². The summed E-state index contributed by atoms with van der Waals surface area (Å²) in [5.41, 5.74) is 2.11. The summed E-state index contributed by atoms with van der Waals surface area (Å²) in [7, 11) is 1.98. The van der Waals surface area contributed by atoms with Crippen LogP contribution in [0.15, 0.2) is 60.9 Å². The molecule has 0 spiro atoms. The largest absolute Gasteiger partial charge is 0.368 e. The molecule has 0 aliphatic carbocycles. The van der Waals surface area contributed by atoms with Gasteiger partial charge in [-0.3, -0.25) is 0 Å². The normalized spacial score (nSPS) is 11.2. The van der Waals surface area contributed by atoms with Gasteiger partial charge in [-0.25, -0.2) is 4.98 Å². The number of rotatable bonds is 6. The molecule has 3 rings (SSSR count). The first-order valence-corrected chi connectivity index (χ1v) is 8.48. The Balaban J connectivity index is 1.77. The van der Waals surface area contributed by atoms with Gasteiger partial charge in [-0.2, -0.15) is 0 Å². The molecule has 0 saturated heterocycles. The van der Waals surface area contributed by atoms with E-state index in [1.165, 1.54) is 0 Å². The van der Waals surface area contributed by atoms with Crippen LogP contribution in [0.2, 0.25) is 10.0 Å². The fourth-order valence-corrected chi connectivity index (χ4v) is 2.82. The molecule has 0 bridgehead atoms. The number of imidazole rings is 1. The molecule has 0 aliphatic heterocycles. The smallest absolute Gasteiger partial charge is 0.110 e.